The number of benzene rings is 2. The van der Waals surface area contributed by atoms with Gasteiger partial charge in [0.1, 0.15) is 5.82 Å². The van der Waals surface area contributed by atoms with E-state index in [4.69, 9.17) is 0 Å². The van der Waals surface area contributed by atoms with Crippen LogP contribution in [0, 0.1) is 5.82 Å². The zero-order valence-electron chi connectivity index (χ0n) is 13.7. The Labute approximate surface area is 144 Å². The fraction of sp³-hybridized carbons (Fsp3) is 0.368. The van der Waals surface area contributed by atoms with E-state index in [0.29, 0.717) is 25.2 Å². The van der Waals surface area contributed by atoms with E-state index in [0.717, 1.165) is 19.0 Å². The monoisotopic (exact) mass is 352 g/mol. The molecule has 1 N–H and O–H groups in total. The highest BCUT2D eigenvalue weighted by atomic mass is 19.4. The molecule has 6 heteroatoms. The van der Waals surface area contributed by atoms with Crippen molar-refractivity contribution < 1.29 is 17.6 Å². The summed E-state index contributed by atoms with van der Waals surface area (Å²) in [6, 6.07) is 10.8. The third-order valence-electron chi connectivity index (χ3n) is 4.47. The van der Waals surface area contributed by atoms with Gasteiger partial charge in [0.15, 0.2) is 0 Å². The van der Waals surface area contributed by atoms with Gasteiger partial charge in [-0.3, -0.25) is 4.90 Å². The molecule has 0 aliphatic carbocycles. The first-order valence-electron chi connectivity index (χ1n) is 8.33. The van der Waals surface area contributed by atoms with Crippen molar-refractivity contribution in [1.29, 1.82) is 0 Å². The van der Waals surface area contributed by atoms with Gasteiger partial charge in [-0.2, -0.15) is 13.2 Å². The molecular weight excluding hydrogens is 332 g/mol. The molecular formula is C19H20F4N2. The van der Waals surface area contributed by atoms with Gasteiger partial charge in [-0.05, 0) is 42.3 Å². The van der Waals surface area contributed by atoms with Crippen molar-refractivity contribution in [3.05, 3.63) is 71.0 Å². The number of nitrogens with one attached hydrogen (secondary N) is 1. The minimum Gasteiger partial charge on any atom is -0.315 e. The summed E-state index contributed by atoms with van der Waals surface area (Å²) in [5, 5.41) is 3.25. The molecule has 0 aromatic heterocycles. The Morgan fingerprint density at radius 3 is 2.52 bits per heavy atom. The molecule has 1 fully saturated rings. The van der Waals surface area contributed by atoms with Crippen LogP contribution < -0.4 is 5.32 Å². The summed E-state index contributed by atoms with van der Waals surface area (Å²) in [4.78, 5) is 2.00. The Morgan fingerprint density at radius 2 is 1.76 bits per heavy atom. The van der Waals surface area contributed by atoms with Crippen molar-refractivity contribution in [1.82, 2.24) is 10.2 Å². The first kappa shape index (κ1) is 17.9. The van der Waals surface area contributed by atoms with Gasteiger partial charge in [0, 0.05) is 19.6 Å². The molecule has 0 spiro atoms. The average molecular weight is 352 g/mol. The van der Waals surface area contributed by atoms with E-state index in [1.807, 2.05) is 4.90 Å². The van der Waals surface area contributed by atoms with E-state index in [9.17, 15) is 17.6 Å². The summed E-state index contributed by atoms with van der Waals surface area (Å²) < 4.78 is 54.4. The molecule has 0 amide bonds. The van der Waals surface area contributed by atoms with Crippen LogP contribution in [0.25, 0.3) is 0 Å². The Morgan fingerprint density at radius 1 is 0.960 bits per heavy atom. The Hall–Kier alpha value is -1.92. The summed E-state index contributed by atoms with van der Waals surface area (Å²) in [6.45, 7) is 2.78. The van der Waals surface area contributed by atoms with Gasteiger partial charge in [-0.25, -0.2) is 4.39 Å². The standard InChI is InChI=1S/C19H20F4N2/c20-15-6-3-5-14(13-15)18(25-11-4-9-24-10-12-25)16-7-1-2-8-17(16)19(21,22)23/h1-3,5-8,13,18,24H,4,9-12H2. The number of hydrogen-bond donors (Lipinski definition) is 1. The Balaban J connectivity index is 2.11. The second kappa shape index (κ2) is 7.54. The van der Waals surface area contributed by atoms with Gasteiger partial charge >= 0.3 is 6.18 Å². The third-order valence-corrected chi connectivity index (χ3v) is 4.47. The van der Waals surface area contributed by atoms with Crippen LogP contribution in [0.2, 0.25) is 0 Å². The minimum absolute atomic E-state index is 0.169. The molecule has 3 rings (SSSR count). The summed E-state index contributed by atoms with van der Waals surface area (Å²) in [5.41, 5.74) is 0.0440. The summed E-state index contributed by atoms with van der Waals surface area (Å²) >= 11 is 0. The van der Waals surface area contributed by atoms with E-state index >= 15 is 0 Å². The van der Waals surface area contributed by atoms with Crippen LogP contribution in [0.3, 0.4) is 0 Å². The van der Waals surface area contributed by atoms with Crippen LogP contribution in [0.15, 0.2) is 48.5 Å². The predicted octanol–water partition coefficient (Wildman–Crippen LogP) is 4.23. The molecule has 0 bridgehead atoms. The molecule has 2 nitrogen and oxygen atoms in total. The van der Waals surface area contributed by atoms with Crippen LogP contribution in [-0.2, 0) is 6.18 Å². The molecule has 2 aromatic rings. The molecule has 0 radical (unpaired) electrons. The highest BCUT2D eigenvalue weighted by Gasteiger charge is 2.37. The van der Waals surface area contributed by atoms with E-state index in [1.165, 1.54) is 24.3 Å². The second-order valence-electron chi connectivity index (χ2n) is 6.18. The van der Waals surface area contributed by atoms with E-state index in [1.54, 1.807) is 18.2 Å². The second-order valence-corrected chi connectivity index (χ2v) is 6.18. The Bertz CT molecular complexity index is 707. The maximum Gasteiger partial charge on any atom is 0.416 e. The topological polar surface area (TPSA) is 15.3 Å². The normalized spacial score (nSPS) is 17.9. The SMILES string of the molecule is Fc1cccc(C(c2ccccc2C(F)(F)F)N2CCCNCC2)c1. The van der Waals surface area contributed by atoms with Crippen molar-refractivity contribution in [2.45, 2.75) is 18.6 Å². The van der Waals surface area contributed by atoms with Gasteiger partial charge in [-0.15, -0.1) is 0 Å². The van der Waals surface area contributed by atoms with Crippen LogP contribution in [0.5, 0.6) is 0 Å². The van der Waals surface area contributed by atoms with Crippen LogP contribution in [0.4, 0.5) is 17.6 Å². The van der Waals surface area contributed by atoms with E-state index in [-0.39, 0.29) is 5.56 Å². The number of halogens is 4. The third kappa shape index (κ3) is 4.19. The van der Waals surface area contributed by atoms with Crippen molar-refractivity contribution in [3.63, 3.8) is 0 Å². The summed E-state index contributed by atoms with van der Waals surface area (Å²) in [6.07, 6.45) is -3.62. The molecule has 1 saturated heterocycles. The molecule has 1 atom stereocenters. The van der Waals surface area contributed by atoms with Crippen LogP contribution in [-0.4, -0.2) is 31.1 Å². The van der Waals surface area contributed by atoms with E-state index < -0.39 is 23.6 Å². The van der Waals surface area contributed by atoms with Crippen LogP contribution >= 0.6 is 0 Å². The van der Waals surface area contributed by atoms with Gasteiger partial charge in [0.25, 0.3) is 0 Å². The zero-order chi connectivity index (χ0) is 17.9. The highest BCUT2D eigenvalue weighted by Crippen LogP contribution is 2.39. The maximum atomic E-state index is 13.8. The smallest absolute Gasteiger partial charge is 0.315 e. The molecule has 1 aliphatic heterocycles. The largest absolute Gasteiger partial charge is 0.416 e. The molecule has 1 unspecified atom stereocenters. The van der Waals surface area contributed by atoms with E-state index in [2.05, 4.69) is 5.32 Å². The summed E-state index contributed by atoms with van der Waals surface area (Å²) in [7, 11) is 0. The fourth-order valence-corrected chi connectivity index (χ4v) is 3.38. The lowest BCUT2D eigenvalue weighted by atomic mass is 9.92. The molecule has 0 saturated carbocycles. The van der Waals surface area contributed by atoms with Crippen LogP contribution in [0.1, 0.15) is 29.2 Å². The first-order chi connectivity index (χ1) is 12.0. The van der Waals surface area contributed by atoms with Gasteiger partial charge in [0.2, 0.25) is 0 Å². The average Bonchev–Trinajstić information content (AvgIpc) is 2.84. The lowest BCUT2D eigenvalue weighted by molar-refractivity contribution is -0.138. The predicted molar refractivity (Wildman–Crippen MR) is 88.7 cm³/mol. The Kier molecular flexibility index (Phi) is 5.39. The van der Waals surface area contributed by atoms with Gasteiger partial charge in [-0.1, -0.05) is 30.3 Å². The van der Waals surface area contributed by atoms with Gasteiger partial charge in [0.05, 0.1) is 11.6 Å². The molecule has 2 aromatic carbocycles. The molecule has 1 aliphatic rings. The number of rotatable bonds is 3. The zero-order valence-corrected chi connectivity index (χ0v) is 13.7. The lowest BCUT2D eigenvalue weighted by Gasteiger charge is -2.33. The highest BCUT2D eigenvalue weighted by molar-refractivity contribution is 5.39. The fourth-order valence-electron chi connectivity index (χ4n) is 3.38. The molecule has 1 heterocycles. The number of hydrogen-bond acceptors (Lipinski definition) is 2. The molecule has 134 valence electrons. The lowest BCUT2D eigenvalue weighted by Crippen LogP contribution is -2.34. The van der Waals surface area contributed by atoms with Gasteiger partial charge < -0.3 is 5.32 Å². The van der Waals surface area contributed by atoms with Crippen molar-refractivity contribution >= 4 is 0 Å². The first-order valence-corrected chi connectivity index (χ1v) is 8.33. The number of alkyl halides is 3. The maximum absolute atomic E-state index is 13.8. The van der Waals surface area contributed by atoms with Crippen molar-refractivity contribution in [2.24, 2.45) is 0 Å². The van der Waals surface area contributed by atoms with Crippen molar-refractivity contribution in [3.8, 4) is 0 Å². The molecule has 25 heavy (non-hydrogen) atoms. The minimum atomic E-state index is -4.45. The van der Waals surface area contributed by atoms with Crippen molar-refractivity contribution in [2.75, 3.05) is 26.2 Å². The quantitative estimate of drug-likeness (QED) is 0.832. The summed E-state index contributed by atoms with van der Waals surface area (Å²) in [5.74, 6) is -0.445. The number of nitrogens with zero attached hydrogens (tertiary/aromatic N) is 1.